The molecule has 0 fully saturated rings. The number of aromatic carboxylic acids is 1. The Morgan fingerprint density at radius 3 is 2.36 bits per heavy atom. The fourth-order valence-electron chi connectivity index (χ4n) is 0.946. The molecule has 78 valence electrons. The Kier molecular flexibility index (Phi) is 2.14. The molecule has 5 nitrogen and oxygen atoms in total. The summed E-state index contributed by atoms with van der Waals surface area (Å²) in [5, 5.41) is 11.5. The summed E-state index contributed by atoms with van der Waals surface area (Å²) in [5.74, 6) is -2.27. The number of hydrogen-bond acceptors (Lipinski definition) is 3. The molecule has 1 heterocycles. The van der Waals surface area contributed by atoms with Gasteiger partial charge in [0.2, 0.25) is 0 Å². The highest BCUT2D eigenvalue weighted by atomic mass is 19.4. The van der Waals surface area contributed by atoms with Crippen LogP contribution in [0.2, 0.25) is 0 Å². The maximum Gasteiger partial charge on any atom is 0.436 e. The maximum absolute atomic E-state index is 12.2. The highest BCUT2D eigenvalue weighted by molar-refractivity contribution is 5.94. The quantitative estimate of drug-likeness (QED) is 0.713. The molecule has 0 aliphatic rings. The molecule has 0 aliphatic carbocycles. The second kappa shape index (κ2) is 2.89. The van der Waals surface area contributed by atoms with Crippen LogP contribution in [0.3, 0.4) is 0 Å². The van der Waals surface area contributed by atoms with E-state index in [0.29, 0.717) is 4.68 Å². The van der Waals surface area contributed by atoms with Crippen molar-refractivity contribution in [2.75, 3.05) is 5.73 Å². The third kappa shape index (κ3) is 1.50. The van der Waals surface area contributed by atoms with Crippen molar-refractivity contribution in [2.45, 2.75) is 6.18 Å². The lowest BCUT2D eigenvalue weighted by atomic mass is 10.2. The van der Waals surface area contributed by atoms with Crippen LogP contribution in [0.15, 0.2) is 0 Å². The summed E-state index contributed by atoms with van der Waals surface area (Å²) in [5.41, 5.74) is 2.63. The Morgan fingerprint density at radius 2 is 2.07 bits per heavy atom. The zero-order chi connectivity index (χ0) is 11.1. The molecule has 0 atom stereocenters. The average Bonchev–Trinajstić information content (AvgIpc) is 2.27. The first-order valence-corrected chi connectivity index (χ1v) is 3.38. The van der Waals surface area contributed by atoms with E-state index >= 15 is 0 Å². The molecular weight excluding hydrogens is 203 g/mol. The summed E-state index contributed by atoms with van der Waals surface area (Å²) in [6, 6.07) is 0. The molecule has 1 aromatic rings. The van der Waals surface area contributed by atoms with Gasteiger partial charge in [-0.3, -0.25) is 4.68 Å². The van der Waals surface area contributed by atoms with Crippen molar-refractivity contribution in [3.05, 3.63) is 11.3 Å². The van der Waals surface area contributed by atoms with Gasteiger partial charge in [-0.1, -0.05) is 0 Å². The van der Waals surface area contributed by atoms with Gasteiger partial charge >= 0.3 is 12.1 Å². The number of carboxylic acid groups (broad SMARTS) is 1. The van der Waals surface area contributed by atoms with Gasteiger partial charge in [-0.15, -0.1) is 0 Å². The molecule has 0 aliphatic heterocycles. The summed E-state index contributed by atoms with van der Waals surface area (Å²) in [7, 11) is 1.14. The summed E-state index contributed by atoms with van der Waals surface area (Å²) in [4.78, 5) is 10.5. The van der Waals surface area contributed by atoms with Crippen molar-refractivity contribution in [1.82, 2.24) is 9.78 Å². The van der Waals surface area contributed by atoms with E-state index in [0.717, 1.165) is 7.05 Å². The number of rotatable bonds is 1. The molecule has 0 radical (unpaired) electrons. The van der Waals surface area contributed by atoms with Crippen LogP contribution < -0.4 is 5.73 Å². The van der Waals surface area contributed by atoms with Crippen molar-refractivity contribution < 1.29 is 23.1 Å². The first-order chi connectivity index (χ1) is 6.25. The number of aromatic nitrogens is 2. The molecule has 0 saturated carbocycles. The highest BCUT2D eigenvalue weighted by Crippen LogP contribution is 2.33. The van der Waals surface area contributed by atoms with Crippen LogP contribution in [0.25, 0.3) is 0 Å². The first kappa shape index (κ1) is 10.4. The molecule has 0 spiro atoms. The van der Waals surface area contributed by atoms with E-state index in [2.05, 4.69) is 5.10 Å². The lowest BCUT2D eigenvalue weighted by Crippen LogP contribution is -2.12. The van der Waals surface area contributed by atoms with E-state index in [1.165, 1.54) is 0 Å². The minimum absolute atomic E-state index is 0.523. The Morgan fingerprint density at radius 1 is 1.57 bits per heavy atom. The number of carbonyl (C=O) groups is 1. The molecule has 14 heavy (non-hydrogen) atoms. The standard InChI is InChI=1S/C6H6F3N3O2/c1-12-4(10)2(5(13)14)3(11-12)6(7,8)9/h10H2,1H3,(H,13,14). The van der Waals surface area contributed by atoms with Crippen LogP contribution in [0.5, 0.6) is 0 Å². The number of hydrogen-bond donors (Lipinski definition) is 2. The smallest absolute Gasteiger partial charge is 0.436 e. The Bertz CT molecular complexity index is 382. The molecule has 0 unspecified atom stereocenters. The van der Waals surface area contributed by atoms with E-state index in [-0.39, 0.29) is 0 Å². The van der Waals surface area contributed by atoms with Gasteiger partial charge < -0.3 is 10.8 Å². The van der Waals surface area contributed by atoms with E-state index in [1.54, 1.807) is 0 Å². The number of alkyl halides is 3. The Hall–Kier alpha value is -1.73. The van der Waals surface area contributed by atoms with Crippen LogP contribution in [-0.2, 0) is 13.2 Å². The van der Waals surface area contributed by atoms with E-state index in [4.69, 9.17) is 10.8 Å². The van der Waals surface area contributed by atoms with Crippen molar-refractivity contribution >= 4 is 11.8 Å². The van der Waals surface area contributed by atoms with Crippen LogP contribution in [-0.4, -0.2) is 20.9 Å². The van der Waals surface area contributed by atoms with Gasteiger partial charge in [0, 0.05) is 7.05 Å². The minimum Gasteiger partial charge on any atom is -0.477 e. The molecule has 1 rings (SSSR count). The third-order valence-corrected chi connectivity index (χ3v) is 1.57. The molecule has 0 amide bonds. The van der Waals surface area contributed by atoms with Gasteiger partial charge in [-0.2, -0.15) is 18.3 Å². The maximum atomic E-state index is 12.2. The number of aryl methyl sites for hydroxylation is 1. The fourth-order valence-corrected chi connectivity index (χ4v) is 0.946. The zero-order valence-electron chi connectivity index (χ0n) is 6.96. The zero-order valence-corrected chi connectivity index (χ0v) is 6.96. The largest absolute Gasteiger partial charge is 0.477 e. The molecule has 8 heteroatoms. The van der Waals surface area contributed by atoms with E-state index in [9.17, 15) is 18.0 Å². The van der Waals surface area contributed by atoms with Gasteiger partial charge in [0.1, 0.15) is 11.4 Å². The van der Waals surface area contributed by atoms with Crippen LogP contribution >= 0.6 is 0 Å². The molecule has 0 saturated heterocycles. The van der Waals surface area contributed by atoms with E-state index in [1.807, 2.05) is 0 Å². The van der Waals surface area contributed by atoms with Gasteiger partial charge in [-0.05, 0) is 0 Å². The summed E-state index contributed by atoms with van der Waals surface area (Å²) in [6.45, 7) is 0. The number of carboxylic acids is 1. The number of nitrogens with zero attached hydrogens (tertiary/aromatic N) is 2. The predicted octanol–water partition coefficient (Wildman–Crippen LogP) is 0.719. The van der Waals surface area contributed by atoms with Gasteiger partial charge in [0.25, 0.3) is 0 Å². The van der Waals surface area contributed by atoms with Crippen LogP contribution in [0, 0.1) is 0 Å². The summed E-state index contributed by atoms with van der Waals surface area (Å²) < 4.78 is 37.3. The second-order valence-electron chi connectivity index (χ2n) is 2.54. The van der Waals surface area contributed by atoms with Crippen molar-refractivity contribution in [3.63, 3.8) is 0 Å². The summed E-state index contributed by atoms with van der Waals surface area (Å²) >= 11 is 0. The minimum atomic E-state index is -4.82. The Balaban J connectivity index is 3.45. The second-order valence-corrected chi connectivity index (χ2v) is 2.54. The lowest BCUT2D eigenvalue weighted by Gasteiger charge is -2.02. The van der Waals surface area contributed by atoms with Gasteiger partial charge in [-0.25, -0.2) is 4.79 Å². The topological polar surface area (TPSA) is 81.1 Å². The third-order valence-electron chi connectivity index (χ3n) is 1.57. The molecule has 0 bridgehead atoms. The number of nitrogen functional groups attached to an aromatic ring is 1. The number of halogens is 3. The normalized spacial score (nSPS) is 11.7. The molecule has 0 aromatic carbocycles. The van der Waals surface area contributed by atoms with Gasteiger partial charge in [0.05, 0.1) is 0 Å². The fraction of sp³-hybridized carbons (Fsp3) is 0.333. The lowest BCUT2D eigenvalue weighted by molar-refractivity contribution is -0.141. The predicted molar refractivity (Wildman–Crippen MR) is 39.6 cm³/mol. The van der Waals surface area contributed by atoms with Crippen molar-refractivity contribution in [2.24, 2.45) is 7.05 Å². The monoisotopic (exact) mass is 209 g/mol. The Labute approximate surface area is 75.9 Å². The summed E-state index contributed by atoms with van der Waals surface area (Å²) in [6.07, 6.45) is -4.82. The van der Waals surface area contributed by atoms with E-state index < -0.39 is 29.2 Å². The van der Waals surface area contributed by atoms with Gasteiger partial charge in [0.15, 0.2) is 5.69 Å². The average molecular weight is 209 g/mol. The van der Waals surface area contributed by atoms with Crippen LogP contribution in [0.1, 0.15) is 16.1 Å². The van der Waals surface area contributed by atoms with Crippen molar-refractivity contribution in [3.8, 4) is 0 Å². The molecule has 1 aromatic heterocycles. The highest BCUT2D eigenvalue weighted by Gasteiger charge is 2.40. The first-order valence-electron chi connectivity index (χ1n) is 3.38. The SMILES string of the molecule is Cn1nc(C(F)(F)F)c(C(=O)O)c1N. The van der Waals surface area contributed by atoms with Crippen LogP contribution in [0.4, 0.5) is 19.0 Å². The molecule has 3 N–H and O–H groups in total. The number of anilines is 1. The molecular formula is C6H6F3N3O2. The van der Waals surface area contributed by atoms with Crippen molar-refractivity contribution in [1.29, 1.82) is 0 Å². The number of nitrogens with two attached hydrogens (primary N) is 1.